The molecule has 0 spiro atoms. The van der Waals surface area contributed by atoms with Crippen LogP contribution in [0.15, 0.2) is 12.4 Å². The highest BCUT2D eigenvalue weighted by atomic mass is 32.2. The normalized spacial score (nSPS) is 23.6. The van der Waals surface area contributed by atoms with Gasteiger partial charge in [-0.1, -0.05) is 20.8 Å². The minimum Gasteiger partial charge on any atom is -0.367 e. The summed E-state index contributed by atoms with van der Waals surface area (Å²) in [6.45, 7) is 6.57. The van der Waals surface area contributed by atoms with Gasteiger partial charge in [-0.05, 0) is 30.9 Å². The number of hydrogen-bond donors (Lipinski definition) is 1. The summed E-state index contributed by atoms with van der Waals surface area (Å²) >= 11 is 2.09. The van der Waals surface area contributed by atoms with Gasteiger partial charge in [0.2, 0.25) is 0 Å². The maximum atomic E-state index is 4.33. The van der Waals surface area contributed by atoms with Crippen molar-refractivity contribution in [3.05, 3.63) is 18.1 Å². The summed E-state index contributed by atoms with van der Waals surface area (Å²) in [5, 5.41) is 4.39. The Labute approximate surface area is 114 Å². The molecule has 4 heteroatoms. The SMILES string of the molecule is CCSC1CCC(Nc2cc(C(C)C)ncn2)C1. The van der Waals surface area contributed by atoms with E-state index in [1.165, 1.54) is 25.0 Å². The molecular formula is C14H23N3S. The molecule has 0 aliphatic heterocycles. The maximum Gasteiger partial charge on any atom is 0.129 e. The second-order valence-corrected chi connectivity index (χ2v) is 6.79. The molecule has 0 radical (unpaired) electrons. The number of nitrogens with one attached hydrogen (secondary N) is 1. The summed E-state index contributed by atoms with van der Waals surface area (Å²) in [4.78, 5) is 8.63. The lowest BCUT2D eigenvalue weighted by molar-refractivity contribution is 0.746. The number of thioether (sulfide) groups is 1. The topological polar surface area (TPSA) is 37.8 Å². The molecule has 1 N–H and O–H groups in total. The zero-order valence-corrected chi connectivity index (χ0v) is 12.3. The van der Waals surface area contributed by atoms with Crippen molar-refractivity contribution in [2.24, 2.45) is 0 Å². The molecule has 1 aromatic rings. The van der Waals surface area contributed by atoms with Gasteiger partial charge in [0.05, 0.1) is 0 Å². The first-order chi connectivity index (χ1) is 8.69. The average molecular weight is 265 g/mol. The Balaban J connectivity index is 1.92. The van der Waals surface area contributed by atoms with E-state index < -0.39 is 0 Å². The van der Waals surface area contributed by atoms with Gasteiger partial charge in [-0.3, -0.25) is 0 Å². The number of anilines is 1. The van der Waals surface area contributed by atoms with Crippen LogP contribution in [0, 0.1) is 0 Å². The van der Waals surface area contributed by atoms with Crippen LogP contribution in [0.1, 0.15) is 51.6 Å². The Kier molecular flexibility index (Phi) is 4.87. The van der Waals surface area contributed by atoms with Crippen molar-refractivity contribution in [3.63, 3.8) is 0 Å². The fourth-order valence-electron chi connectivity index (χ4n) is 2.43. The fourth-order valence-corrected chi connectivity index (χ4v) is 3.58. The highest BCUT2D eigenvalue weighted by Gasteiger charge is 2.24. The summed E-state index contributed by atoms with van der Waals surface area (Å²) in [5.74, 6) is 2.67. The molecule has 2 unspecified atom stereocenters. The van der Waals surface area contributed by atoms with Crippen LogP contribution in [0.3, 0.4) is 0 Å². The van der Waals surface area contributed by atoms with E-state index in [-0.39, 0.29) is 0 Å². The fraction of sp³-hybridized carbons (Fsp3) is 0.714. The van der Waals surface area contributed by atoms with Gasteiger partial charge >= 0.3 is 0 Å². The number of aromatic nitrogens is 2. The van der Waals surface area contributed by atoms with Crippen LogP contribution in [0.25, 0.3) is 0 Å². The van der Waals surface area contributed by atoms with Crippen molar-refractivity contribution in [1.29, 1.82) is 0 Å². The quantitative estimate of drug-likeness (QED) is 0.881. The molecule has 1 aliphatic carbocycles. The summed E-state index contributed by atoms with van der Waals surface area (Å²) < 4.78 is 0. The summed E-state index contributed by atoms with van der Waals surface area (Å²) in [7, 11) is 0. The Morgan fingerprint density at radius 2 is 2.22 bits per heavy atom. The van der Waals surface area contributed by atoms with E-state index in [0.29, 0.717) is 12.0 Å². The minimum absolute atomic E-state index is 0.459. The van der Waals surface area contributed by atoms with Crippen molar-refractivity contribution in [1.82, 2.24) is 9.97 Å². The molecule has 0 bridgehead atoms. The van der Waals surface area contributed by atoms with Crippen molar-refractivity contribution >= 4 is 17.6 Å². The molecule has 0 amide bonds. The second-order valence-electron chi connectivity index (χ2n) is 5.21. The van der Waals surface area contributed by atoms with Gasteiger partial charge in [-0.25, -0.2) is 9.97 Å². The summed E-state index contributed by atoms with van der Waals surface area (Å²) in [5.41, 5.74) is 1.12. The third-order valence-corrected chi connectivity index (χ3v) is 4.65. The van der Waals surface area contributed by atoms with E-state index >= 15 is 0 Å². The number of rotatable bonds is 5. The highest BCUT2D eigenvalue weighted by molar-refractivity contribution is 7.99. The molecule has 0 saturated heterocycles. The van der Waals surface area contributed by atoms with E-state index in [1.54, 1.807) is 6.33 Å². The van der Waals surface area contributed by atoms with Crippen molar-refractivity contribution in [3.8, 4) is 0 Å². The number of nitrogens with zero attached hydrogens (tertiary/aromatic N) is 2. The number of hydrogen-bond acceptors (Lipinski definition) is 4. The lowest BCUT2D eigenvalue weighted by atomic mass is 10.1. The first-order valence-corrected chi connectivity index (χ1v) is 7.94. The largest absolute Gasteiger partial charge is 0.367 e. The van der Waals surface area contributed by atoms with Gasteiger partial charge in [-0.15, -0.1) is 0 Å². The van der Waals surface area contributed by atoms with Gasteiger partial charge in [0.1, 0.15) is 12.1 Å². The standard InChI is InChI=1S/C14H23N3S/c1-4-18-12-6-5-11(7-12)17-14-8-13(10(2)3)15-9-16-14/h8-12H,4-7H2,1-3H3,(H,15,16,17). The molecule has 1 fully saturated rings. The predicted octanol–water partition coefficient (Wildman–Crippen LogP) is 3.69. The lowest BCUT2D eigenvalue weighted by Crippen LogP contribution is -2.17. The van der Waals surface area contributed by atoms with Crippen molar-refractivity contribution in [2.45, 2.75) is 57.2 Å². The highest BCUT2D eigenvalue weighted by Crippen LogP contribution is 2.31. The first kappa shape index (κ1) is 13.7. The summed E-state index contributed by atoms with van der Waals surface area (Å²) in [6, 6.07) is 2.68. The smallest absolute Gasteiger partial charge is 0.129 e. The van der Waals surface area contributed by atoms with E-state index in [2.05, 4.69) is 53.9 Å². The summed E-state index contributed by atoms with van der Waals surface area (Å²) in [6.07, 6.45) is 5.53. The average Bonchev–Trinajstić information content (AvgIpc) is 2.77. The molecule has 3 nitrogen and oxygen atoms in total. The third-order valence-electron chi connectivity index (χ3n) is 3.42. The monoisotopic (exact) mass is 265 g/mol. The van der Waals surface area contributed by atoms with E-state index in [4.69, 9.17) is 0 Å². The molecule has 1 heterocycles. The lowest BCUT2D eigenvalue weighted by Gasteiger charge is -2.14. The molecular weight excluding hydrogens is 242 g/mol. The van der Waals surface area contributed by atoms with Crippen LogP contribution < -0.4 is 5.32 Å². The molecule has 1 aromatic heterocycles. The van der Waals surface area contributed by atoms with Gasteiger partial charge < -0.3 is 5.32 Å². The first-order valence-electron chi connectivity index (χ1n) is 6.89. The van der Waals surface area contributed by atoms with Crippen LogP contribution in [-0.2, 0) is 0 Å². The zero-order chi connectivity index (χ0) is 13.0. The van der Waals surface area contributed by atoms with Crippen LogP contribution in [0.4, 0.5) is 5.82 Å². The van der Waals surface area contributed by atoms with Gasteiger partial charge in [-0.2, -0.15) is 11.8 Å². The molecule has 2 rings (SSSR count). The van der Waals surface area contributed by atoms with Crippen LogP contribution in [0.2, 0.25) is 0 Å². The van der Waals surface area contributed by atoms with E-state index in [9.17, 15) is 0 Å². The van der Waals surface area contributed by atoms with E-state index in [0.717, 1.165) is 16.8 Å². The van der Waals surface area contributed by atoms with Gasteiger partial charge in [0.25, 0.3) is 0 Å². The van der Waals surface area contributed by atoms with Crippen molar-refractivity contribution in [2.75, 3.05) is 11.1 Å². The Hall–Kier alpha value is -0.770. The zero-order valence-electron chi connectivity index (χ0n) is 11.5. The Bertz CT molecular complexity index is 381. The Morgan fingerprint density at radius 1 is 1.39 bits per heavy atom. The molecule has 2 atom stereocenters. The predicted molar refractivity (Wildman–Crippen MR) is 79.3 cm³/mol. The van der Waals surface area contributed by atoms with Crippen LogP contribution in [-0.4, -0.2) is 27.0 Å². The molecule has 1 saturated carbocycles. The van der Waals surface area contributed by atoms with Gasteiger partial charge in [0.15, 0.2) is 0 Å². The minimum atomic E-state index is 0.459. The van der Waals surface area contributed by atoms with Crippen molar-refractivity contribution < 1.29 is 0 Å². The van der Waals surface area contributed by atoms with E-state index in [1.807, 2.05) is 0 Å². The molecule has 100 valence electrons. The third kappa shape index (κ3) is 3.61. The molecule has 1 aliphatic rings. The molecule has 18 heavy (non-hydrogen) atoms. The van der Waals surface area contributed by atoms with Gasteiger partial charge in [0, 0.05) is 23.1 Å². The van der Waals surface area contributed by atoms with Crippen LogP contribution in [0.5, 0.6) is 0 Å². The second kappa shape index (κ2) is 6.41. The maximum absolute atomic E-state index is 4.33. The molecule has 0 aromatic carbocycles. The Morgan fingerprint density at radius 3 is 2.94 bits per heavy atom. The van der Waals surface area contributed by atoms with Crippen LogP contribution >= 0.6 is 11.8 Å².